The van der Waals surface area contributed by atoms with Gasteiger partial charge < -0.3 is 5.11 Å². The van der Waals surface area contributed by atoms with E-state index in [9.17, 15) is 8.42 Å². The van der Waals surface area contributed by atoms with Crippen LogP contribution in [0, 0.1) is 5.41 Å². The van der Waals surface area contributed by atoms with Crippen molar-refractivity contribution in [1.82, 2.24) is 4.72 Å². The summed E-state index contributed by atoms with van der Waals surface area (Å²) in [6.45, 7) is 0.407. The van der Waals surface area contributed by atoms with E-state index >= 15 is 0 Å². The maximum Gasteiger partial charge on any atom is 0.240 e. The fraction of sp³-hybridized carbons (Fsp3) is 0.500. The molecule has 0 spiro atoms. The summed E-state index contributed by atoms with van der Waals surface area (Å²) in [4.78, 5) is 0.0600. The summed E-state index contributed by atoms with van der Waals surface area (Å²) in [5, 5.41) is 9.51. The molecule has 0 aliphatic heterocycles. The van der Waals surface area contributed by atoms with Crippen LogP contribution in [0.5, 0.6) is 0 Å². The van der Waals surface area contributed by atoms with Gasteiger partial charge in [0.05, 0.1) is 4.90 Å². The molecule has 1 fully saturated rings. The monoisotopic (exact) mass is 323 g/mol. The minimum Gasteiger partial charge on any atom is -0.396 e. The number of aliphatic hydroxyl groups is 1. The van der Waals surface area contributed by atoms with Crippen LogP contribution in [0.2, 0.25) is 10.0 Å². The van der Waals surface area contributed by atoms with Gasteiger partial charge in [-0.2, -0.15) is 0 Å². The quantitative estimate of drug-likeness (QED) is 0.845. The molecule has 2 N–H and O–H groups in total. The van der Waals surface area contributed by atoms with Gasteiger partial charge in [0.15, 0.2) is 0 Å². The molecule has 19 heavy (non-hydrogen) atoms. The van der Waals surface area contributed by atoms with E-state index < -0.39 is 10.0 Å². The van der Waals surface area contributed by atoms with Crippen LogP contribution in [0.25, 0.3) is 0 Å². The molecular weight excluding hydrogens is 309 g/mol. The molecule has 0 amide bonds. The minimum absolute atomic E-state index is 0.0600. The molecule has 7 heteroatoms. The Hall–Kier alpha value is -0.330. The van der Waals surface area contributed by atoms with Gasteiger partial charge in [-0.25, -0.2) is 13.1 Å². The van der Waals surface area contributed by atoms with Crippen molar-refractivity contribution in [2.45, 2.75) is 24.2 Å². The van der Waals surface area contributed by atoms with Gasteiger partial charge >= 0.3 is 0 Å². The molecule has 1 aromatic carbocycles. The topological polar surface area (TPSA) is 66.4 Å². The van der Waals surface area contributed by atoms with Crippen LogP contribution in [0.3, 0.4) is 0 Å². The summed E-state index contributed by atoms with van der Waals surface area (Å²) in [7, 11) is -3.62. The van der Waals surface area contributed by atoms with Crippen molar-refractivity contribution in [2.75, 3.05) is 13.2 Å². The lowest BCUT2D eigenvalue weighted by molar-refractivity contribution is 0.249. The number of halogens is 2. The lowest BCUT2D eigenvalue weighted by Gasteiger charge is -2.15. The van der Waals surface area contributed by atoms with Gasteiger partial charge in [0.1, 0.15) is 0 Å². The molecule has 4 nitrogen and oxygen atoms in total. The molecule has 0 saturated heterocycles. The number of aliphatic hydroxyl groups excluding tert-OH is 1. The van der Waals surface area contributed by atoms with Crippen molar-refractivity contribution in [3.05, 3.63) is 28.2 Å². The number of hydrogen-bond donors (Lipinski definition) is 2. The summed E-state index contributed by atoms with van der Waals surface area (Å²) in [6, 6.07) is 4.21. The van der Waals surface area contributed by atoms with Crippen LogP contribution in [0.1, 0.15) is 19.3 Å². The summed E-state index contributed by atoms with van der Waals surface area (Å²) < 4.78 is 26.8. The van der Waals surface area contributed by atoms with E-state index in [4.69, 9.17) is 28.3 Å². The first-order valence-electron chi connectivity index (χ1n) is 5.94. The van der Waals surface area contributed by atoms with E-state index in [-0.39, 0.29) is 27.0 Å². The third kappa shape index (κ3) is 3.83. The Balaban J connectivity index is 2.10. The summed E-state index contributed by atoms with van der Waals surface area (Å²) >= 11 is 11.6. The minimum atomic E-state index is -3.62. The predicted octanol–water partition coefficient (Wildman–Crippen LogP) is 2.43. The molecule has 1 aliphatic rings. The van der Waals surface area contributed by atoms with Gasteiger partial charge in [0.2, 0.25) is 10.0 Å². The average Bonchev–Trinajstić information content (AvgIpc) is 3.06. The van der Waals surface area contributed by atoms with Crippen LogP contribution in [-0.4, -0.2) is 26.7 Å². The molecule has 0 aromatic heterocycles. The van der Waals surface area contributed by atoms with Crippen molar-refractivity contribution in [3.8, 4) is 0 Å². The first kappa shape index (κ1) is 15.1. The average molecular weight is 324 g/mol. The van der Waals surface area contributed by atoms with Gasteiger partial charge in [-0.3, -0.25) is 0 Å². The summed E-state index contributed by atoms with van der Waals surface area (Å²) in [5.41, 5.74) is -0.0792. The number of benzene rings is 1. The SMILES string of the molecule is O=S(=O)(NCC1(CCO)CC1)c1cc(Cl)cc(Cl)c1. The van der Waals surface area contributed by atoms with E-state index in [1.807, 2.05) is 0 Å². The predicted molar refractivity (Wildman–Crippen MR) is 75.0 cm³/mol. The zero-order valence-corrected chi connectivity index (χ0v) is 12.5. The zero-order chi connectivity index (χ0) is 14.1. The molecule has 1 aliphatic carbocycles. The van der Waals surface area contributed by atoms with Crippen LogP contribution in [0.15, 0.2) is 23.1 Å². The first-order chi connectivity index (χ1) is 8.87. The molecule has 0 bridgehead atoms. The Bertz CT molecular complexity index is 550. The summed E-state index contributed by atoms with van der Waals surface area (Å²) in [6.07, 6.45) is 2.49. The third-order valence-electron chi connectivity index (χ3n) is 3.38. The van der Waals surface area contributed by atoms with Crippen molar-refractivity contribution in [3.63, 3.8) is 0 Å². The Morgan fingerprint density at radius 3 is 2.26 bits per heavy atom. The van der Waals surface area contributed by atoms with Crippen molar-refractivity contribution >= 4 is 33.2 Å². The smallest absolute Gasteiger partial charge is 0.240 e. The highest BCUT2D eigenvalue weighted by Gasteiger charge is 2.42. The molecule has 1 saturated carbocycles. The zero-order valence-electron chi connectivity index (χ0n) is 10.2. The number of rotatable bonds is 6. The lowest BCUT2D eigenvalue weighted by atomic mass is 10.0. The molecule has 0 unspecified atom stereocenters. The van der Waals surface area contributed by atoms with Crippen LogP contribution in [0.4, 0.5) is 0 Å². The van der Waals surface area contributed by atoms with E-state index in [0.717, 1.165) is 12.8 Å². The van der Waals surface area contributed by atoms with Gasteiger partial charge in [-0.15, -0.1) is 0 Å². The molecule has 0 heterocycles. The molecule has 0 atom stereocenters. The Morgan fingerprint density at radius 2 is 1.79 bits per heavy atom. The fourth-order valence-electron chi connectivity index (χ4n) is 1.94. The number of sulfonamides is 1. The Labute approximate surface area is 122 Å². The first-order valence-corrected chi connectivity index (χ1v) is 8.17. The van der Waals surface area contributed by atoms with Crippen LogP contribution < -0.4 is 4.72 Å². The van der Waals surface area contributed by atoms with Gasteiger partial charge in [0, 0.05) is 23.2 Å². The van der Waals surface area contributed by atoms with Crippen molar-refractivity contribution in [1.29, 1.82) is 0 Å². The molecular formula is C12H15Cl2NO3S. The van der Waals surface area contributed by atoms with Gasteiger partial charge in [-0.05, 0) is 42.9 Å². The fourth-order valence-corrected chi connectivity index (χ4v) is 3.83. The Kier molecular flexibility index (Phi) is 4.42. The van der Waals surface area contributed by atoms with Crippen LogP contribution in [-0.2, 0) is 10.0 Å². The normalized spacial score (nSPS) is 17.4. The lowest BCUT2D eigenvalue weighted by Crippen LogP contribution is -2.30. The number of nitrogens with one attached hydrogen (secondary N) is 1. The van der Waals surface area contributed by atoms with Crippen LogP contribution >= 0.6 is 23.2 Å². The maximum atomic E-state index is 12.1. The van der Waals surface area contributed by atoms with Gasteiger partial charge in [0.25, 0.3) is 0 Å². The van der Waals surface area contributed by atoms with E-state index in [1.165, 1.54) is 18.2 Å². The second-order valence-electron chi connectivity index (χ2n) is 4.90. The molecule has 1 aromatic rings. The molecule has 106 valence electrons. The highest BCUT2D eigenvalue weighted by molar-refractivity contribution is 7.89. The largest absolute Gasteiger partial charge is 0.396 e. The van der Waals surface area contributed by atoms with E-state index in [1.54, 1.807) is 0 Å². The maximum absolute atomic E-state index is 12.1. The second-order valence-corrected chi connectivity index (χ2v) is 7.54. The number of hydrogen-bond acceptors (Lipinski definition) is 3. The van der Waals surface area contributed by atoms with Gasteiger partial charge in [-0.1, -0.05) is 23.2 Å². The molecule has 0 radical (unpaired) electrons. The second kappa shape index (κ2) is 5.58. The highest BCUT2D eigenvalue weighted by atomic mass is 35.5. The highest BCUT2D eigenvalue weighted by Crippen LogP contribution is 2.48. The standard InChI is InChI=1S/C12H15Cl2NO3S/c13-9-5-10(14)7-11(6-9)19(17,18)15-8-12(1-2-12)3-4-16/h5-7,15-16H,1-4,8H2. The van der Waals surface area contributed by atoms with E-state index in [0.29, 0.717) is 13.0 Å². The van der Waals surface area contributed by atoms with E-state index in [2.05, 4.69) is 4.72 Å². The van der Waals surface area contributed by atoms with Crippen molar-refractivity contribution < 1.29 is 13.5 Å². The third-order valence-corrected chi connectivity index (χ3v) is 5.20. The summed E-state index contributed by atoms with van der Waals surface area (Å²) in [5.74, 6) is 0. The van der Waals surface area contributed by atoms with Crippen molar-refractivity contribution in [2.24, 2.45) is 5.41 Å². The molecule has 2 rings (SSSR count). The Morgan fingerprint density at radius 1 is 1.21 bits per heavy atom.